The summed E-state index contributed by atoms with van der Waals surface area (Å²) in [7, 11) is 0. The summed E-state index contributed by atoms with van der Waals surface area (Å²) >= 11 is 0. The number of hydrogen-bond donors (Lipinski definition) is 5. The first kappa shape index (κ1) is 57.7. The highest BCUT2D eigenvalue weighted by molar-refractivity contribution is 5.80. The van der Waals surface area contributed by atoms with Crippen molar-refractivity contribution in [3.63, 3.8) is 0 Å². The zero-order valence-electron chi connectivity index (χ0n) is 37.0. The number of azide groups is 2. The van der Waals surface area contributed by atoms with Crippen molar-refractivity contribution in [3.8, 4) is 0 Å². The number of unbranched alkanes of at least 4 members (excludes halogenated alkanes) is 7. The lowest BCUT2D eigenvalue weighted by molar-refractivity contribution is -0.137. The molecule has 0 heterocycles. The minimum atomic E-state index is -1.06. The molecule has 0 unspecified atom stereocenters. The van der Waals surface area contributed by atoms with Crippen LogP contribution in [0, 0.1) is 0 Å². The topological polar surface area (TPSA) is 307 Å². The maximum Gasteiger partial charge on any atom is 0.303 e. The van der Waals surface area contributed by atoms with Gasteiger partial charge in [0.2, 0.25) is 23.6 Å². The fourth-order valence-corrected chi connectivity index (χ4v) is 5.96. The number of nitrogens with one attached hydrogen (secondary N) is 4. The molecular weight excluding hydrogens is 812 g/mol. The van der Waals surface area contributed by atoms with Crippen LogP contribution in [0.15, 0.2) is 10.2 Å². The number of aliphatic carboxylic acids is 1. The fourth-order valence-electron chi connectivity index (χ4n) is 5.96. The highest BCUT2D eigenvalue weighted by atomic mass is 16.5. The average molecular weight is 887 g/mol. The predicted molar refractivity (Wildman–Crippen MR) is 230 cm³/mol. The van der Waals surface area contributed by atoms with Gasteiger partial charge in [0, 0.05) is 86.8 Å². The lowest BCUT2D eigenvalue weighted by Gasteiger charge is -2.35. The van der Waals surface area contributed by atoms with Crippen LogP contribution in [0.2, 0.25) is 0 Å². The van der Waals surface area contributed by atoms with Crippen molar-refractivity contribution in [1.29, 1.82) is 0 Å². The van der Waals surface area contributed by atoms with Crippen molar-refractivity contribution in [2.24, 2.45) is 10.2 Å². The highest BCUT2D eigenvalue weighted by Gasteiger charge is 2.33. The van der Waals surface area contributed by atoms with Gasteiger partial charge in [-0.2, -0.15) is 0 Å². The third kappa shape index (κ3) is 39.8. The molecule has 62 heavy (non-hydrogen) atoms. The van der Waals surface area contributed by atoms with Gasteiger partial charge < -0.3 is 54.8 Å². The van der Waals surface area contributed by atoms with Crippen LogP contribution in [0.3, 0.4) is 0 Å². The van der Waals surface area contributed by atoms with Crippen LogP contribution >= 0.6 is 0 Å². The fraction of sp³-hybridized carbons (Fsp3) is 0.875. The van der Waals surface area contributed by atoms with E-state index >= 15 is 0 Å². The molecule has 0 saturated carbocycles. The van der Waals surface area contributed by atoms with E-state index in [-0.39, 0.29) is 134 Å². The summed E-state index contributed by atoms with van der Waals surface area (Å²) in [6, 6.07) is 0. The summed E-state index contributed by atoms with van der Waals surface area (Å²) in [5.74, 6) is -1.82. The van der Waals surface area contributed by atoms with Crippen molar-refractivity contribution in [3.05, 3.63) is 20.9 Å². The number of amides is 4. The molecule has 22 heteroatoms. The van der Waals surface area contributed by atoms with Crippen molar-refractivity contribution in [2.45, 2.75) is 115 Å². The van der Waals surface area contributed by atoms with E-state index in [0.717, 1.165) is 38.5 Å². The van der Waals surface area contributed by atoms with Crippen LogP contribution in [-0.2, 0) is 52.4 Å². The summed E-state index contributed by atoms with van der Waals surface area (Å²) in [6.07, 6.45) is 7.97. The molecule has 0 aromatic rings. The van der Waals surface area contributed by atoms with Crippen molar-refractivity contribution < 1.29 is 57.5 Å². The van der Waals surface area contributed by atoms with Gasteiger partial charge in [-0.25, -0.2) is 0 Å². The van der Waals surface area contributed by atoms with Gasteiger partial charge in [0.05, 0.1) is 72.7 Å². The van der Waals surface area contributed by atoms with E-state index in [2.05, 4.69) is 41.3 Å². The van der Waals surface area contributed by atoms with E-state index in [1.165, 1.54) is 0 Å². The van der Waals surface area contributed by atoms with Crippen LogP contribution in [0.5, 0.6) is 0 Å². The van der Waals surface area contributed by atoms with E-state index in [0.29, 0.717) is 65.7 Å². The van der Waals surface area contributed by atoms with Crippen LogP contribution in [0.25, 0.3) is 20.9 Å². The van der Waals surface area contributed by atoms with Crippen molar-refractivity contribution in [2.75, 3.05) is 112 Å². The van der Waals surface area contributed by atoms with Gasteiger partial charge in [-0.15, -0.1) is 0 Å². The van der Waals surface area contributed by atoms with Crippen LogP contribution in [0.1, 0.15) is 110 Å². The summed E-state index contributed by atoms with van der Waals surface area (Å²) in [4.78, 5) is 68.7. The third-order valence-electron chi connectivity index (χ3n) is 9.26. The van der Waals surface area contributed by atoms with Gasteiger partial charge in [0.1, 0.15) is 0 Å². The molecule has 5 N–H and O–H groups in total. The zero-order valence-corrected chi connectivity index (χ0v) is 37.0. The van der Waals surface area contributed by atoms with Gasteiger partial charge in [0.15, 0.2) is 0 Å². The van der Waals surface area contributed by atoms with Gasteiger partial charge in [-0.1, -0.05) is 48.8 Å². The average Bonchev–Trinajstić information content (AvgIpc) is 3.25. The Balaban J connectivity index is 5.48. The minimum Gasteiger partial charge on any atom is -0.481 e. The molecule has 0 aromatic heterocycles. The largest absolute Gasteiger partial charge is 0.481 e. The molecule has 0 aliphatic rings. The Labute approximate surface area is 366 Å². The lowest BCUT2D eigenvalue weighted by Crippen LogP contribution is -2.50. The minimum absolute atomic E-state index is 0.0188. The number of carboxylic acid groups (broad SMARTS) is 1. The number of carbonyl (C=O) groups is 5. The Morgan fingerprint density at radius 1 is 0.484 bits per heavy atom. The molecule has 0 bridgehead atoms. The Bertz CT molecular complexity index is 1230. The van der Waals surface area contributed by atoms with Crippen molar-refractivity contribution >= 4 is 29.6 Å². The van der Waals surface area contributed by atoms with Crippen LogP contribution in [0.4, 0.5) is 0 Å². The maximum atomic E-state index is 13.5. The van der Waals surface area contributed by atoms with E-state index in [1.54, 1.807) is 0 Å². The molecule has 22 nitrogen and oxygen atoms in total. The Hall–Kier alpha value is -4.27. The molecule has 4 amide bonds. The van der Waals surface area contributed by atoms with Gasteiger partial charge in [-0.05, 0) is 50.1 Å². The SMILES string of the molecule is CCOCCOCCNC(=O)CCC(CCC(=O)NCCOCCOCCN=[N+]=[N-])(CCC(=O)NCCOCCOCCN=[N+]=[N-])NC(=O)CCCCCCCCCCC(=O)O. The predicted octanol–water partition coefficient (Wildman–Crippen LogP) is 4.26. The molecule has 0 aromatic carbocycles. The third-order valence-corrected chi connectivity index (χ3v) is 9.26. The molecule has 0 rings (SSSR count). The van der Waals surface area contributed by atoms with Gasteiger partial charge in [-0.3, -0.25) is 24.0 Å². The normalized spacial score (nSPS) is 11.8. The van der Waals surface area contributed by atoms with Crippen LogP contribution < -0.4 is 21.3 Å². The second kappa shape index (κ2) is 43.4. The quantitative estimate of drug-likeness (QED) is 0.0248. The number of hydrogen-bond acceptors (Lipinski definition) is 13. The van der Waals surface area contributed by atoms with Gasteiger partial charge in [0.25, 0.3) is 0 Å². The standard InChI is InChI=1S/C40H74N10O12/c1-2-57-29-30-58-24-19-43-35(51)13-16-40(17-14-36(52)44-20-25-59-31-33-61-27-22-46-49-41,18-15-37(53)45-21-26-60-32-34-62-28-23-47-50-42)48-38(54)11-9-7-5-3-4-6-8-10-12-39(55)56/h2-34H2,1H3,(H,43,51)(H,44,52)(H,45,53)(H,48,54)(H,55,56). The van der Waals surface area contributed by atoms with E-state index < -0.39 is 11.5 Å². The smallest absolute Gasteiger partial charge is 0.303 e. The summed E-state index contributed by atoms with van der Waals surface area (Å²) in [5.41, 5.74) is 15.6. The first-order valence-electron chi connectivity index (χ1n) is 22.0. The second-order valence-electron chi connectivity index (χ2n) is 14.3. The van der Waals surface area contributed by atoms with E-state index in [4.69, 9.17) is 44.6 Å². The van der Waals surface area contributed by atoms with E-state index in [1.807, 2.05) is 6.92 Å². The molecule has 0 spiro atoms. The Morgan fingerprint density at radius 2 is 0.839 bits per heavy atom. The maximum absolute atomic E-state index is 13.5. The van der Waals surface area contributed by atoms with Crippen molar-refractivity contribution in [1.82, 2.24) is 21.3 Å². The molecular formula is C40H74N10O12. The number of rotatable bonds is 46. The second-order valence-corrected chi connectivity index (χ2v) is 14.3. The summed E-state index contributed by atoms with van der Waals surface area (Å²) in [6.45, 7) is 7.07. The number of ether oxygens (including phenoxy) is 6. The zero-order chi connectivity index (χ0) is 45.6. The number of carbonyl (C=O) groups excluding carboxylic acids is 4. The molecule has 0 radical (unpaired) electrons. The highest BCUT2D eigenvalue weighted by Crippen LogP contribution is 2.27. The Morgan fingerprint density at radius 3 is 1.21 bits per heavy atom. The first-order chi connectivity index (χ1) is 30.2. The molecule has 0 fully saturated rings. The molecule has 356 valence electrons. The molecule has 0 aliphatic carbocycles. The summed E-state index contributed by atoms with van der Waals surface area (Å²) < 4.78 is 32.4. The summed E-state index contributed by atoms with van der Waals surface area (Å²) in [5, 5.41) is 27.2. The van der Waals surface area contributed by atoms with Crippen LogP contribution in [-0.4, -0.2) is 152 Å². The molecule has 0 aliphatic heterocycles. The number of carboxylic acids is 1. The van der Waals surface area contributed by atoms with Gasteiger partial charge >= 0.3 is 5.97 Å². The molecule has 0 saturated heterocycles. The Kier molecular flexibility index (Phi) is 40.4. The van der Waals surface area contributed by atoms with E-state index in [9.17, 15) is 24.0 Å². The first-order valence-corrected chi connectivity index (χ1v) is 22.0. The number of nitrogens with zero attached hydrogens (tertiary/aromatic N) is 6. The lowest BCUT2D eigenvalue weighted by atomic mass is 9.82. The monoisotopic (exact) mass is 887 g/mol. The molecule has 0 atom stereocenters.